The lowest BCUT2D eigenvalue weighted by atomic mass is 10.1. The first kappa shape index (κ1) is 15.1. The highest BCUT2D eigenvalue weighted by atomic mass is 16.5. The van der Waals surface area contributed by atoms with E-state index < -0.39 is 0 Å². The van der Waals surface area contributed by atoms with E-state index in [1.54, 1.807) is 19.2 Å². The second kappa shape index (κ2) is 8.23. The maximum Gasteiger partial charge on any atom is 0.302 e. The molecule has 0 aliphatic rings. The van der Waals surface area contributed by atoms with Crippen LogP contribution in [0.1, 0.15) is 22.8 Å². The average molecular weight is 265 g/mol. The first-order chi connectivity index (χ1) is 9.13. The Bertz CT molecular complexity index is 418. The van der Waals surface area contributed by atoms with E-state index >= 15 is 0 Å². The van der Waals surface area contributed by atoms with Gasteiger partial charge in [0.05, 0.1) is 6.54 Å². The summed E-state index contributed by atoms with van der Waals surface area (Å²) in [5.74, 6) is -0.532. The molecule has 0 aliphatic carbocycles. The minimum absolute atomic E-state index is 0.180. The molecule has 1 aromatic rings. The van der Waals surface area contributed by atoms with E-state index in [1.165, 1.54) is 6.92 Å². The van der Waals surface area contributed by atoms with Gasteiger partial charge in [0.2, 0.25) is 0 Å². The highest BCUT2D eigenvalue weighted by Gasteiger charge is 2.04. The quantitative estimate of drug-likeness (QED) is 0.373. The third-order valence-electron chi connectivity index (χ3n) is 2.38. The molecule has 0 radical (unpaired) electrons. The summed E-state index contributed by atoms with van der Waals surface area (Å²) in [5.41, 5.74) is 7.45. The molecule has 1 amide bonds. The Kier molecular flexibility index (Phi) is 6.56. The van der Waals surface area contributed by atoms with E-state index in [-0.39, 0.29) is 18.5 Å². The zero-order chi connectivity index (χ0) is 14.1. The number of nitrogens with one attached hydrogen (secondary N) is 3. The molecular weight excluding hydrogens is 246 g/mol. The van der Waals surface area contributed by atoms with Crippen LogP contribution in [0.4, 0.5) is 0 Å². The number of carbonyl (C=O) groups is 2. The topological polar surface area (TPSA) is 79.5 Å². The molecule has 0 spiro atoms. The summed E-state index contributed by atoms with van der Waals surface area (Å²) >= 11 is 0. The predicted molar refractivity (Wildman–Crippen MR) is 71.3 cm³/mol. The van der Waals surface area contributed by atoms with E-state index in [0.717, 1.165) is 5.56 Å². The number of carbonyl (C=O) groups excluding carboxylic acids is 2. The molecule has 0 bridgehead atoms. The molecule has 0 fully saturated rings. The summed E-state index contributed by atoms with van der Waals surface area (Å²) in [7, 11) is 1.80. The number of rotatable bonds is 7. The van der Waals surface area contributed by atoms with E-state index in [9.17, 15) is 9.59 Å². The summed E-state index contributed by atoms with van der Waals surface area (Å²) in [6.07, 6.45) is 0. The third kappa shape index (κ3) is 5.98. The molecule has 0 aromatic heterocycles. The summed E-state index contributed by atoms with van der Waals surface area (Å²) < 4.78 is 4.72. The van der Waals surface area contributed by atoms with E-state index in [1.807, 2.05) is 12.1 Å². The number of ether oxygens (including phenoxy) is 1. The Morgan fingerprint density at radius 2 is 1.89 bits per heavy atom. The molecule has 0 saturated heterocycles. The van der Waals surface area contributed by atoms with Crippen LogP contribution in [0.5, 0.6) is 0 Å². The SMILES string of the molecule is CNNCc1ccc(C(=O)NCCOC(C)=O)cc1. The zero-order valence-electron chi connectivity index (χ0n) is 11.2. The van der Waals surface area contributed by atoms with Crippen molar-refractivity contribution in [2.45, 2.75) is 13.5 Å². The van der Waals surface area contributed by atoms with Crippen molar-refractivity contribution in [2.75, 3.05) is 20.2 Å². The molecule has 0 unspecified atom stereocenters. The first-order valence-electron chi connectivity index (χ1n) is 6.03. The van der Waals surface area contributed by atoms with Gasteiger partial charge in [-0.2, -0.15) is 0 Å². The molecule has 0 saturated carbocycles. The third-order valence-corrected chi connectivity index (χ3v) is 2.38. The first-order valence-corrected chi connectivity index (χ1v) is 6.03. The van der Waals surface area contributed by atoms with Gasteiger partial charge < -0.3 is 10.1 Å². The second-order valence-electron chi connectivity index (χ2n) is 3.90. The number of hydrogen-bond acceptors (Lipinski definition) is 5. The van der Waals surface area contributed by atoms with Crippen LogP contribution >= 0.6 is 0 Å². The van der Waals surface area contributed by atoms with Crippen LogP contribution in [0.25, 0.3) is 0 Å². The molecule has 1 rings (SSSR count). The van der Waals surface area contributed by atoms with Crippen LogP contribution in [0.2, 0.25) is 0 Å². The minimum atomic E-state index is -0.351. The summed E-state index contributed by atoms with van der Waals surface area (Å²) in [4.78, 5) is 22.3. The smallest absolute Gasteiger partial charge is 0.302 e. The van der Waals surface area contributed by atoms with Crippen LogP contribution in [-0.2, 0) is 16.1 Å². The molecule has 6 heteroatoms. The second-order valence-corrected chi connectivity index (χ2v) is 3.90. The highest BCUT2D eigenvalue weighted by Crippen LogP contribution is 2.03. The highest BCUT2D eigenvalue weighted by molar-refractivity contribution is 5.94. The monoisotopic (exact) mass is 265 g/mol. The molecule has 104 valence electrons. The maximum absolute atomic E-state index is 11.7. The van der Waals surface area contributed by atoms with Crippen molar-refractivity contribution in [3.05, 3.63) is 35.4 Å². The Morgan fingerprint density at radius 1 is 1.21 bits per heavy atom. The van der Waals surface area contributed by atoms with Crippen molar-refractivity contribution in [2.24, 2.45) is 0 Å². The number of esters is 1. The largest absolute Gasteiger partial charge is 0.464 e. The van der Waals surface area contributed by atoms with Crippen molar-refractivity contribution in [1.29, 1.82) is 0 Å². The summed E-state index contributed by atoms with van der Waals surface area (Å²) in [6, 6.07) is 7.28. The number of benzene rings is 1. The van der Waals surface area contributed by atoms with Crippen molar-refractivity contribution >= 4 is 11.9 Å². The lowest BCUT2D eigenvalue weighted by Crippen LogP contribution is -2.28. The fourth-order valence-corrected chi connectivity index (χ4v) is 1.43. The van der Waals surface area contributed by atoms with E-state index in [2.05, 4.69) is 16.2 Å². The van der Waals surface area contributed by atoms with Crippen molar-refractivity contribution in [3.8, 4) is 0 Å². The average Bonchev–Trinajstić information content (AvgIpc) is 2.41. The van der Waals surface area contributed by atoms with Crippen LogP contribution in [0, 0.1) is 0 Å². The molecule has 0 aliphatic heterocycles. The molecule has 1 aromatic carbocycles. The fourth-order valence-electron chi connectivity index (χ4n) is 1.43. The Labute approximate surface area is 112 Å². The van der Waals surface area contributed by atoms with Gasteiger partial charge in [0.15, 0.2) is 0 Å². The van der Waals surface area contributed by atoms with Crippen LogP contribution in [0.3, 0.4) is 0 Å². The Hall–Kier alpha value is -1.92. The van der Waals surface area contributed by atoms with E-state index in [0.29, 0.717) is 18.7 Å². The van der Waals surface area contributed by atoms with E-state index in [4.69, 9.17) is 4.74 Å². The van der Waals surface area contributed by atoms with Gasteiger partial charge in [-0.3, -0.25) is 20.4 Å². The lowest BCUT2D eigenvalue weighted by Gasteiger charge is -2.07. The van der Waals surface area contributed by atoms with Crippen LogP contribution in [0.15, 0.2) is 24.3 Å². The lowest BCUT2D eigenvalue weighted by molar-refractivity contribution is -0.140. The predicted octanol–water partition coefficient (Wildman–Crippen LogP) is 0.203. The van der Waals surface area contributed by atoms with Gasteiger partial charge in [-0.25, -0.2) is 0 Å². The Morgan fingerprint density at radius 3 is 2.47 bits per heavy atom. The van der Waals surface area contributed by atoms with Crippen molar-refractivity contribution < 1.29 is 14.3 Å². The molecule has 0 heterocycles. The number of hydrogen-bond donors (Lipinski definition) is 3. The molecule has 0 atom stereocenters. The maximum atomic E-state index is 11.7. The van der Waals surface area contributed by atoms with Crippen LogP contribution < -0.4 is 16.2 Å². The van der Waals surface area contributed by atoms with Gasteiger partial charge >= 0.3 is 5.97 Å². The molecule has 6 nitrogen and oxygen atoms in total. The summed E-state index contributed by atoms with van der Waals surface area (Å²) in [6.45, 7) is 2.51. The standard InChI is InChI=1S/C13H19N3O3/c1-10(17)19-8-7-15-13(18)12-5-3-11(4-6-12)9-16-14-2/h3-6,14,16H,7-9H2,1-2H3,(H,15,18). The van der Waals surface area contributed by atoms with Gasteiger partial charge in [0, 0.05) is 19.0 Å². The molecule has 3 N–H and O–H groups in total. The van der Waals surface area contributed by atoms with Crippen LogP contribution in [-0.4, -0.2) is 32.1 Å². The number of hydrazine groups is 1. The van der Waals surface area contributed by atoms with Gasteiger partial charge in [0.1, 0.15) is 6.61 Å². The molecule has 19 heavy (non-hydrogen) atoms. The number of amides is 1. The Balaban J connectivity index is 2.37. The normalized spacial score (nSPS) is 10.0. The van der Waals surface area contributed by atoms with Gasteiger partial charge in [0.25, 0.3) is 5.91 Å². The fraction of sp³-hybridized carbons (Fsp3) is 0.385. The zero-order valence-corrected chi connectivity index (χ0v) is 11.2. The van der Waals surface area contributed by atoms with Gasteiger partial charge in [-0.05, 0) is 24.7 Å². The molecular formula is C13H19N3O3. The van der Waals surface area contributed by atoms with Crippen molar-refractivity contribution in [3.63, 3.8) is 0 Å². The van der Waals surface area contributed by atoms with Gasteiger partial charge in [-0.1, -0.05) is 12.1 Å². The van der Waals surface area contributed by atoms with Gasteiger partial charge in [-0.15, -0.1) is 0 Å². The van der Waals surface area contributed by atoms with Crippen molar-refractivity contribution in [1.82, 2.24) is 16.2 Å². The minimum Gasteiger partial charge on any atom is -0.464 e. The summed E-state index contributed by atoms with van der Waals surface area (Å²) in [5, 5.41) is 2.67.